The molecule has 4 heterocycles. The number of piperidine rings is 1. The summed E-state index contributed by atoms with van der Waals surface area (Å²) in [7, 11) is -3.68. The van der Waals surface area contributed by atoms with Crippen LogP contribution < -0.4 is 0 Å². The number of carbonyl (C=O) groups is 1. The molecule has 0 spiro atoms. The zero-order chi connectivity index (χ0) is 19.9. The third-order valence-electron chi connectivity index (χ3n) is 5.39. The lowest BCUT2D eigenvalue weighted by Crippen LogP contribution is -2.46. The van der Waals surface area contributed by atoms with Crippen molar-refractivity contribution in [3.63, 3.8) is 0 Å². The molecule has 1 atom stereocenters. The lowest BCUT2D eigenvalue weighted by atomic mass is 9.98. The molecule has 2 aliphatic heterocycles. The van der Waals surface area contributed by atoms with Crippen molar-refractivity contribution in [2.75, 3.05) is 26.2 Å². The van der Waals surface area contributed by atoms with Crippen molar-refractivity contribution in [3.05, 3.63) is 16.8 Å². The first-order chi connectivity index (χ1) is 13.4. The molecule has 2 aromatic rings. The Labute approximate surface area is 168 Å². The summed E-state index contributed by atoms with van der Waals surface area (Å²) in [5.74, 6) is 0.680. The Kier molecular flexibility index (Phi) is 5.28. The monoisotopic (exact) mass is 424 g/mol. The van der Waals surface area contributed by atoms with Crippen LogP contribution in [0.3, 0.4) is 0 Å². The molecule has 4 rings (SSSR count). The third-order valence-corrected chi connectivity index (χ3v) is 8.56. The summed E-state index contributed by atoms with van der Waals surface area (Å²) in [5, 5.41) is 3.88. The first kappa shape index (κ1) is 19.5. The van der Waals surface area contributed by atoms with E-state index in [1.165, 1.54) is 15.6 Å². The molecule has 2 fully saturated rings. The maximum atomic E-state index is 13.3. The normalized spacial score (nSPS) is 21.4. The molecule has 28 heavy (non-hydrogen) atoms. The zero-order valence-corrected chi connectivity index (χ0v) is 17.7. The Balaban J connectivity index is 1.56. The predicted octanol–water partition coefficient (Wildman–Crippen LogP) is 2.44. The molecule has 10 heteroatoms. The van der Waals surface area contributed by atoms with Gasteiger partial charge in [0, 0.05) is 38.0 Å². The molecule has 152 valence electrons. The predicted molar refractivity (Wildman–Crippen MR) is 104 cm³/mol. The molecule has 0 saturated carbocycles. The molecular weight excluding hydrogens is 400 g/mol. The van der Waals surface area contributed by atoms with Crippen LogP contribution in [0.5, 0.6) is 0 Å². The number of hydrogen-bond donors (Lipinski definition) is 0. The lowest BCUT2D eigenvalue weighted by molar-refractivity contribution is -0.135. The summed E-state index contributed by atoms with van der Waals surface area (Å²) >= 11 is 1.33. The second-order valence-corrected chi connectivity index (χ2v) is 10.6. The number of aryl methyl sites for hydroxylation is 2. The number of hydrogen-bond acceptors (Lipinski definition) is 7. The smallest absolute Gasteiger partial charge is 0.244 e. The highest BCUT2D eigenvalue weighted by Crippen LogP contribution is 2.35. The topological polar surface area (TPSA) is 96.6 Å². The van der Waals surface area contributed by atoms with E-state index in [4.69, 9.17) is 4.52 Å². The highest BCUT2D eigenvalue weighted by Gasteiger charge is 2.36. The minimum Gasteiger partial charge on any atom is -0.342 e. The number of aromatic nitrogens is 2. The van der Waals surface area contributed by atoms with Crippen LogP contribution in [0.15, 0.2) is 15.5 Å². The Morgan fingerprint density at radius 3 is 2.64 bits per heavy atom. The second-order valence-electron chi connectivity index (χ2n) is 7.40. The molecule has 2 aliphatic rings. The van der Waals surface area contributed by atoms with Gasteiger partial charge in [-0.3, -0.25) is 4.79 Å². The maximum Gasteiger partial charge on any atom is 0.244 e. The maximum absolute atomic E-state index is 13.3. The number of thiophene rings is 1. The number of likely N-dealkylation sites (tertiary alicyclic amines) is 1. The second kappa shape index (κ2) is 7.57. The summed E-state index contributed by atoms with van der Waals surface area (Å²) in [6.45, 7) is 5.75. The van der Waals surface area contributed by atoms with Gasteiger partial charge in [0.1, 0.15) is 0 Å². The molecule has 0 unspecified atom stereocenters. The van der Waals surface area contributed by atoms with Crippen molar-refractivity contribution in [1.82, 2.24) is 19.3 Å². The van der Waals surface area contributed by atoms with Crippen LogP contribution in [-0.2, 0) is 14.8 Å². The van der Waals surface area contributed by atoms with Crippen LogP contribution in [0.2, 0.25) is 0 Å². The highest BCUT2D eigenvalue weighted by molar-refractivity contribution is 7.89. The summed E-state index contributed by atoms with van der Waals surface area (Å²) in [5.41, 5.74) is 0. The standard InChI is InChI=1S/C18H24N4O4S2/c1-12-16(10-15(27-12)17-19-13(2)26-20-17)28(24,25)22-9-5-6-14(11-22)18(23)21-7-3-4-8-21/h10,14H,3-9,11H2,1-2H3/t14-/m1/s1. The van der Waals surface area contributed by atoms with E-state index >= 15 is 0 Å². The molecule has 0 aromatic carbocycles. The molecule has 1 amide bonds. The number of carbonyl (C=O) groups excluding carboxylic acids is 1. The molecule has 2 saturated heterocycles. The number of nitrogens with zero attached hydrogens (tertiary/aromatic N) is 4. The summed E-state index contributed by atoms with van der Waals surface area (Å²) in [6, 6.07) is 1.62. The van der Waals surface area contributed by atoms with Crippen molar-refractivity contribution in [1.29, 1.82) is 0 Å². The van der Waals surface area contributed by atoms with Gasteiger partial charge in [0.25, 0.3) is 0 Å². The Bertz CT molecular complexity index is 976. The first-order valence-corrected chi connectivity index (χ1v) is 11.8. The van der Waals surface area contributed by atoms with Gasteiger partial charge in [0.15, 0.2) is 0 Å². The van der Waals surface area contributed by atoms with Gasteiger partial charge < -0.3 is 9.42 Å². The Hall–Kier alpha value is -1.78. The van der Waals surface area contributed by atoms with Gasteiger partial charge in [-0.25, -0.2) is 8.42 Å². The molecule has 2 aromatic heterocycles. The van der Waals surface area contributed by atoms with Gasteiger partial charge in [-0.1, -0.05) is 5.16 Å². The van der Waals surface area contributed by atoms with E-state index in [0.29, 0.717) is 34.4 Å². The molecule has 0 N–H and O–H groups in total. The van der Waals surface area contributed by atoms with Gasteiger partial charge in [-0.05, 0) is 38.7 Å². The first-order valence-electron chi connectivity index (χ1n) is 9.56. The van der Waals surface area contributed by atoms with Crippen LogP contribution in [0, 0.1) is 19.8 Å². The van der Waals surface area contributed by atoms with Crippen LogP contribution in [0.25, 0.3) is 10.7 Å². The minimum absolute atomic E-state index is 0.0994. The third kappa shape index (κ3) is 3.60. The van der Waals surface area contributed by atoms with E-state index in [0.717, 1.165) is 32.4 Å². The van der Waals surface area contributed by atoms with Crippen molar-refractivity contribution < 1.29 is 17.7 Å². The summed E-state index contributed by atoms with van der Waals surface area (Å²) in [4.78, 5) is 20.4. The minimum atomic E-state index is -3.68. The molecular formula is C18H24N4O4S2. The largest absolute Gasteiger partial charge is 0.342 e. The molecule has 0 bridgehead atoms. The van der Waals surface area contributed by atoms with Crippen molar-refractivity contribution >= 4 is 27.3 Å². The van der Waals surface area contributed by atoms with Gasteiger partial charge in [0.2, 0.25) is 27.6 Å². The SMILES string of the molecule is Cc1nc(-c2cc(S(=O)(=O)N3CCC[C@@H](C(=O)N4CCCC4)C3)c(C)s2)no1. The highest BCUT2D eigenvalue weighted by atomic mass is 32.2. The van der Waals surface area contributed by atoms with E-state index in [2.05, 4.69) is 10.1 Å². The molecule has 8 nitrogen and oxygen atoms in total. The number of amides is 1. The summed E-state index contributed by atoms with van der Waals surface area (Å²) < 4.78 is 33.1. The van der Waals surface area contributed by atoms with E-state index in [-0.39, 0.29) is 23.3 Å². The van der Waals surface area contributed by atoms with E-state index < -0.39 is 10.0 Å². The zero-order valence-electron chi connectivity index (χ0n) is 16.0. The van der Waals surface area contributed by atoms with E-state index in [9.17, 15) is 13.2 Å². The molecule has 0 aliphatic carbocycles. The van der Waals surface area contributed by atoms with E-state index in [1.54, 1.807) is 19.9 Å². The summed E-state index contributed by atoms with van der Waals surface area (Å²) in [6.07, 6.45) is 3.51. The fourth-order valence-corrected chi connectivity index (χ4v) is 6.94. The average Bonchev–Trinajstić information content (AvgIpc) is 3.42. The fourth-order valence-electron chi connectivity index (χ4n) is 3.93. The molecule has 0 radical (unpaired) electrons. The van der Waals surface area contributed by atoms with Gasteiger partial charge in [-0.2, -0.15) is 9.29 Å². The number of rotatable bonds is 4. The Morgan fingerprint density at radius 2 is 1.96 bits per heavy atom. The Morgan fingerprint density at radius 1 is 1.21 bits per heavy atom. The average molecular weight is 425 g/mol. The quantitative estimate of drug-likeness (QED) is 0.748. The van der Waals surface area contributed by atoms with Crippen molar-refractivity contribution in [2.24, 2.45) is 5.92 Å². The van der Waals surface area contributed by atoms with Crippen LogP contribution in [0.1, 0.15) is 36.5 Å². The van der Waals surface area contributed by atoms with Crippen LogP contribution in [-0.4, -0.2) is 59.8 Å². The van der Waals surface area contributed by atoms with Crippen molar-refractivity contribution in [3.8, 4) is 10.7 Å². The number of sulfonamides is 1. The lowest BCUT2D eigenvalue weighted by Gasteiger charge is -2.33. The van der Waals surface area contributed by atoms with Crippen LogP contribution >= 0.6 is 11.3 Å². The van der Waals surface area contributed by atoms with Gasteiger partial charge in [0.05, 0.1) is 15.7 Å². The van der Waals surface area contributed by atoms with Crippen molar-refractivity contribution in [2.45, 2.75) is 44.4 Å². The fraction of sp³-hybridized carbons (Fsp3) is 0.611. The van der Waals surface area contributed by atoms with E-state index in [1.807, 2.05) is 4.90 Å². The van der Waals surface area contributed by atoms with Gasteiger partial charge >= 0.3 is 0 Å². The van der Waals surface area contributed by atoms with Gasteiger partial charge in [-0.15, -0.1) is 11.3 Å². The van der Waals surface area contributed by atoms with Crippen LogP contribution in [0.4, 0.5) is 0 Å².